The Hall–Kier alpha value is -1.39. The molecule has 0 aliphatic carbocycles. The van der Waals surface area contributed by atoms with Crippen molar-refractivity contribution in [2.24, 2.45) is 5.73 Å². The number of nitrogens with two attached hydrogens (primary N) is 1. The van der Waals surface area contributed by atoms with E-state index in [0.29, 0.717) is 0 Å². The Bertz CT molecular complexity index is 349. The molecule has 0 radical (unpaired) electrons. The molecule has 96 valence electrons. The maximum atomic E-state index is 11.6. The molecule has 0 aromatic heterocycles. The summed E-state index contributed by atoms with van der Waals surface area (Å²) in [7, 11) is 0. The van der Waals surface area contributed by atoms with Crippen molar-refractivity contribution in [2.45, 2.75) is 24.7 Å². The van der Waals surface area contributed by atoms with E-state index in [1.54, 1.807) is 5.48 Å². The summed E-state index contributed by atoms with van der Waals surface area (Å²) < 4.78 is 5.11. The Kier molecular flexibility index (Phi) is 3.17. The van der Waals surface area contributed by atoms with E-state index < -0.39 is 30.7 Å². The van der Waals surface area contributed by atoms with Crippen LogP contribution in [0.3, 0.4) is 0 Å². The van der Waals surface area contributed by atoms with Crippen LogP contribution in [0.2, 0.25) is 0 Å². The number of nitrogens with zero attached hydrogens (tertiary/aromatic N) is 1. The predicted octanol–water partition coefficient (Wildman–Crippen LogP) is -2.81. The highest BCUT2D eigenvalue weighted by Gasteiger charge is 2.47. The highest BCUT2D eigenvalue weighted by atomic mass is 16.6. The van der Waals surface area contributed by atoms with Gasteiger partial charge >= 0.3 is 6.03 Å². The Labute approximate surface area is 96.4 Å². The number of ether oxygens (including phenoxy) is 1. The number of nitrogens with one attached hydrogen (secondary N) is 2. The van der Waals surface area contributed by atoms with Crippen LogP contribution >= 0.6 is 0 Å². The molecule has 0 bridgehead atoms. The van der Waals surface area contributed by atoms with Crippen LogP contribution in [0.1, 0.15) is 0 Å². The molecule has 0 aromatic carbocycles. The van der Waals surface area contributed by atoms with Gasteiger partial charge in [-0.05, 0) is 6.08 Å². The van der Waals surface area contributed by atoms with Gasteiger partial charge in [-0.15, -0.1) is 0 Å². The predicted molar refractivity (Wildman–Crippen MR) is 53.1 cm³/mol. The second kappa shape index (κ2) is 4.47. The molecular formula is C8H14N4O5. The normalized spacial score (nSPS) is 37.9. The second-order valence-corrected chi connectivity index (χ2v) is 3.80. The lowest BCUT2D eigenvalue weighted by Gasteiger charge is -2.32. The van der Waals surface area contributed by atoms with Crippen LogP contribution in [-0.4, -0.2) is 57.6 Å². The van der Waals surface area contributed by atoms with E-state index in [0.717, 1.165) is 4.90 Å². The Balaban J connectivity index is 2.11. The fourth-order valence-corrected chi connectivity index (χ4v) is 1.77. The number of hydrogen-bond acceptors (Lipinski definition) is 7. The van der Waals surface area contributed by atoms with Gasteiger partial charge in [-0.2, -0.15) is 5.48 Å². The van der Waals surface area contributed by atoms with E-state index in [1.165, 1.54) is 6.08 Å². The molecule has 0 spiro atoms. The number of aliphatic hydroxyl groups excluding tert-OH is 2. The zero-order chi connectivity index (χ0) is 12.6. The van der Waals surface area contributed by atoms with Crippen molar-refractivity contribution in [3.63, 3.8) is 0 Å². The average molecular weight is 246 g/mol. The van der Waals surface area contributed by atoms with Crippen LogP contribution in [0, 0.1) is 0 Å². The molecule has 17 heavy (non-hydrogen) atoms. The van der Waals surface area contributed by atoms with Crippen LogP contribution < -0.4 is 16.5 Å². The first-order chi connectivity index (χ1) is 8.04. The zero-order valence-corrected chi connectivity index (χ0v) is 8.78. The molecule has 9 nitrogen and oxygen atoms in total. The smallest absolute Gasteiger partial charge is 0.325 e. The van der Waals surface area contributed by atoms with Crippen LogP contribution in [0.25, 0.3) is 0 Å². The summed E-state index contributed by atoms with van der Waals surface area (Å²) in [5.74, 6) is 0.219. The van der Waals surface area contributed by atoms with Crippen molar-refractivity contribution in [3.8, 4) is 0 Å². The van der Waals surface area contributed by atoms with E-state index >= 15 is 0 Å². The molecule has 0 aromatic rings. The highest BCUT2D eigenvalue weighted by molar-refractivity contribution is 5.77. The van der Waals surface area contributed by atoms with Gasteiger partial charge in [0.2, 0.25) is 0 Å². The average Bonchev–Trinajstić information content (AvgIpc) is 2.57. The van der Waals surface area contributed by atoms with E-state index in [2.05, 4.69) is 5.32 Å². The van der Waals surface area contributed by atoms with Gasteiger partial charge < -0.3 is 25.9 Å². The van der Waals surface area contributed by atoms with Crippen molar-refractivity contribution in [2.75, 3.05) is 6.54 Å². The van der Waals surface area contributed by atoms with Gasteiger partial charge in [0.05, 0.1) is 0 Å². The third-order valence-electron chi connectivity index (χ3n) is 2.69. The fourth-order valence-electron chi connectivity index (χ4n) is 1.77. The van der Waals surface area contributed by atoms with Crippen molar-refractivity contribution in [3.05, 3.63) is 11.9 Å². The summed E-state index contributed by atoms with van der Waals surface area (Å²) >= 11 is 0. The van der Waals surface area contributed by atoms with Crippen molar-refractivity contribution in [1.82, 2.24) is 15.7 Å². The SMILES string of the molecule is NC1=CCN([C@@H]2O[C@H](NO)[C@@H](O)[C@H]2O)C(=O)N1. The van der Waals surface area contributed by atoms with Gasteiger partial charge in [-0.3, -0.25) is 10.2 Å². The molecule has 7 N–H and O–H groups in total. The third-order valence-corrected chi connectivity index (χ3v) is 2.69. The molecule has 1 saturated heterocycles. The molecule has 2 heterocycles. The van der Waals surface area contributed by atoms with Gasteiger partial charge in [-0.25, -0.2) is 4.79 Å². The molecule has 0 saturated carbocycles. The molecule has 4 atom stereocenters. The fraction of sp³-hybridized carbons (Fsp3) is 0.625. The minimum Gasteiger partial charge on any atom is -0.386 e. The van der Waals surface area contributed by atoms with Gasteiger partial charge in [-0.1, -0.05) is 0 Å². The van der Waals surface area contributed by atoms with Gasteiger partial charge in [0.1, 0.15) is 18.0 Å². The van der Waals surface area contributed by atoms with Crippen LogP contribution in [0.5, 0.6) is 0 Å². The van der Waals surface area contributed by atoms with Crippen LogP contribution in [0.15, 0.2) is 11.9 Å². The summed E-state index contributed by atoms with van der Waals surface area (Å²) in [5, 5.41) is 30.2. The number of hydrogen-bond donors (Lipinski definition) is 6. The molecule has 1 fully saturated rings. The zero-order valence-electron chi connectivity index (χ0n) is 8.78. The van der Waals surface area contributed by atoms with Gasteiger partial charge in [0, 0.05) is 6.54 Å². The first-order valence-electron chi connectivity index (χ1n) is 4.99. The van der Waals surface area contributed by atoms with E-state index in [1.807, 2.05) is 0 Å². The Morgan fingerprint density at radius 3 is 2.76 bits per heavy atom. The first-order valence-corrected chi connectivity index (χ1v) is 4.99. The molecule has 2 aliphatic heterocycles. The van der Waals surface area contributed by atoms with Crippen molar-refractivity contribution >= 4 is 6.03 Å². The minimum atomic E-state index is -1.33. The van der Waals surface area contributed by atoms with E-state index in [9.17, 15) is 15.0 Å². The second-order valence-electron chi connectivity index (χ2n) is 3.80. The summed E-state index contributed by atoms with van der Waals surface area (Å²) in [5.41, 5.74) is 7.10. The maximum Gasteiger partial charge on any atom is 0.325 e. The molecule has 2 rings (SSSR count). The van der Waals surface area contributed by atoms with Crippen LogP contribution in [-0.2, 0) is 4.74 Å². The van der Waals surface area contributed by atoms with Gasteiger partial charge in [0.15, 0.2) is 12.5 Å². The quantitative estimate of drug-likeness (QED) is 0.289. The first kappa shape index (κ1) is 12.1. The number of amides is 2. The van der Waals surface area contributed by atoms with E-state index in [4.69, 9.17) is 15.7 Å². The molecule has 0 unspecified atom stereocenters. The Morgan fingerprint density at radius 1 is 1.53 bits per heavy atom. The lowest BCUT2D eigenvalue weighted by molar-refractivity contribution is -0.109. The molecule has 9 heteroatoms. The molecule has 2 amide bonds. The topological polar surface area (TPSA) is 140 Å². The van der Waals surface area contributed by atoms with Crippen molar-refractivity contribution in [1.29, 1.82) is 0 Å². The number of hydroxylamine groups is 1. The standard InChI is InChI=1S/C8H14N4O5/c9-3-1-2-12(8(15)10-3)7-5(14)4(13)6(11-16)17-7/h1,4-7,11,13-14,16H,2,9H2,(H,10,15)/t4-,5+,6-,7+/m0/s1. The summed E-state index contributed by atoms with van der Waals surface area (Å²) in [6.07, 6.45) is -3.33. The van der Waals surface area contributed by atoms with Crippen LogP contribution in [0.4, 0.5) is 4.79 Å². The number of carbonyl (C=O) groups is 1. The Morgan fingerprint density at radius 2 is 2.24 bits per heavy atom. The number of rotatable bonds is 2. The molecule has 2 aliphatic rings. The van der Waals surface area contributed by atoms with E-state index in [-0.39, 0.29) is 12.4 Å². The summed E-state index contributed by atoms with van der Waals surface area (Å²) in [6, 6.07) is -0.542. The molecular weight excluding hydrogens is 232 g/mol. The number of carbonyl (C=O) groups excluding carboxylic acids is 1. The number of urea groups is 1. The van der Waals surface area contributed by atoms with Gasteiger partial charge in [0.25, 0.3) is 0 Å². The lowest BCUT2D eigenvalue weighted by atomic mass is 10.2. The maximum absolute atomic E-state index is 11.6. The lowest BCUT2D eigenvalue weighted by Crippen LogP contribution is -2.54. The monoisotopic (exact) mass is 246 g/mol. The number of aliphatic hydroxyl groups is 2. The summed E-state index contributed by atoms with van der Waals surface area (Å²) in [6.45, 7) is 0.143. The largest absolute Gasteiger partial charge is 0.386 e. The van der Waals surface area contributed by atoms with Crippen molar-refractivity contribution < 1.29 is 25.0 Å². The summed E-state index contributed by atoms with van der Waals surface area (Å²) in [4.78, 5) is 12.7. The third kappa shape index (κ3) is 2.06. The minimum absolute atomic E-state index is 0.143. The highest BCUT2D eigenvalue weighted by Crippen LogP contribution is 2.23.